The number of pyridine rings is 1. The van der Waals surface area contributed by atoms with E-state index in [0.29, 0.717) is 13.1 Å². The molecular formula is C12H11BrN2OS. The summed E-state index contributed by atoms with van der Waals surface area (Å²) in [5.41, 5.74) is 0.938. The smallest absolute Gasteiger partial charge is 0.186 e. The molecule has 3 nitrogen and oxygen atoms in total. The summed E-state index contributed by atoms with van der Waals surface area (Å²) in [5.74, 6) is 0.108. The Bertz CT molecular complexity index is 498. The highest BCUT2D eigenvalue weighted by Gasteiger charge is 2.07. The zero-order chi connectivity index (χ0) is 12.1. The first-order valence-electron chi connectivity index (χ1n) is 5.15. The normalized spacial score (nSPS) is 10.4. The van der Waals surface area contributed by atoms with Crippen molar-refractivity contribution in [2.24, 2.45) is 0 Å². The molecule has 5 heteroatoms. The van der Waals surface area contributed by atoms with Crippen molar-refractivity contribution in [2.75, 3.05) is 6.54 Å². The zero-order valence-electron chi connectivity index (χ0n) is 9.02. The van der Waals surface area contributed by atoms with Crippen LogP contribution in [0.25, 0.3) is 0 Å². The minimum atomic E-state index is 0.108. The molecule has 2 aromatic rings. The van der Waals surface area contributed by atoms with E-state index < -0.39 is 0 Å². The highest BCUT2D eigenvalue weighted by atomic mass is 79.9. The van der Waals surface area contributed by atoms with Crippen LogP contribution in [0.1, 0.15) is 15.4 Å². The van der Waals surface area contributed by atoms with Crippen molar-refractivity contribution in [3.8, 4) is 0 Å². The SMILES string of the molecule is O=C(CNCc1ccccn1)c1ccc(Br)s1. The van der Waals surface area contributed by atoms with Crippen molar-refractivity contribution in [2.45, 2.75) is 6.54 Å². The van der Waals surface area contributed by atoms with Crippen molar-refractivity contribution in [1.82, 2.24) is 10.3 Å². The Balaban J connectivity index is 1.81. The predicted molar refractivity (Wildman–Crippen MR) is 72.3 cm³/mol. The van der Waals surface area contributed by atoms with E-state index in [1.54, 1.807) is 6.20 Å². The van der Waals surface area contributed by atoms with E-state index in [9.17, 15) is 4.79 Å². The first kappa shape index (κ1) is 12.4. The van der Waals surface area contributed by atoms with Crippen LogP contribution >= 0.6 is 27.3 Å². The summed E-state index contributed by atoms with van der Waals surface area (Å²) in [5, 5.41) is 3.09. The van der Waals surface area contributed by atoms with E-state index in [1.807, 2.05) is 30.3 Å². The van der Waals surface area contributed by atoms with Gasteiger partial charge in [-0.1, -0.05) is 6.07 Å². The quantitative estimate of drug-likeness (QED) is 0.863. The number of carbonyl (C=O) groups excluding carboxylic acids is 1. The van der Waals surface area contributed by atoms with Gasteiger partial charge in [0.15, 0.2) is 5.78 Å². The summed E-state index contributed by atoms with van der Waals surface area (Å²) in [6.07, 6.45) is 1.75. The lowest BCUT2D eigenvalue weighted by molar-refractivity contribution is 0.0994. The molecule has 0 saturated carbocycles. The predicted octanol–water partition coefficient (Wildman–Crippen LogP) is 2.88. The highest BCUT2D eigenvalue weighted by Crippen LogP contribution is 2.22. The van der Waals surface area contributed by atoms with Crippen LogP contribution in [0.2, 0.25) is 0 Å². The van der Waals surface area contributed by atoms with Crippen LogP contribution in [-0.2, 0) is 6.54 Å². The van der Waals surface area contributed by atoms with Crippen LogP contribution in [0.5, 0.6) is 0 Å². The maximum absolute atomic E-state index is 11.8. The number of thiophene rings is 1. The monoisotopic (exact) mass is 310 g/mol. The molecule has 17 heavy (non-hydrogen) atoms. The molecular weight excluding hydrogens is 300 g/mol. The lowest BCUT2D eigenvalue weighted by atomic mass is 10.3. The minimum absolute atomic E-state index is 0.108. The molecule has 0 aliphatic heterocycles. The molecule has 1 N–H and O–H groups in total. The molecule has 2 aromatic heterocycles. The lowest BCUT2D eigenvalue weighted by Gasteiger charge is -2.02. The number of carbonyl (C=O) groups is 1. The van der Waals surface area contributed by atoms with Gasteiger partial charge in [0, 0.05) is 12.7 Å². The molecule has 2 rings (SSSR count). The summed E-state index contributed by atoms with van der Waals surface area (Å²) < 4.78 is 0.977. The molecule has 0 fully saturated rings. The number of rotatable bonds is 5. The molecule has 0 bridgehead atoms. The highest BCUT2D eigenvalue weighted by molar-refractivity contribution is 9.11. The number of nitrogens with zero attached hydrogens (tertiary/aromatic N) is 1. The van der Waals surface area contributed by atoms with Crippen LogP contribution in [0, 0.1) is 0 Å². The Hall–Kier alpha value is -1.04. The average molecular weight is 311 g/mol. The van der Waals surface area contributed by atoms with Crippen molar-refractivity contribution in [3.05, 3.63) is 50.9 Å². The summed E-state index contributed by atoms with van der Waals surface area (Å²) in [4.78, 5) is 16.7. The molecule has 0 unspecified atom stereocenters. The molecule has 0 aliphatic carbocycles. The summed E-state index contributed by atoms with van der Waals surface area (Å²) >= 11 is 4.79. The van der Waals surface area contributed by atoms with E-state index in [1.165, 1.54) is 11.3 Å². The number of halogens is 1. The largest absolute Gasteiger partial charge is 0.304 e. The molecule has 0 aromatic carbocycles. The molecule has 0 spiro atoms. The van der Waals surface area contributed by atoms with E-state index in [4.69, 9.17) is 0 Å². The Morgan fingerprint density at radius 3 is 2.88 bits per heavy atom. The molecule has 0 atom stereocenters. The van der Waals surface area contributed by atoms with Crippen molar-refractivity contribution in [1.29, 1.82) is 0 Å². The van der Waals surface area contributed by atoms with Crippen LogP contribution in [0.3, 0.4) is 0 Å². The van der Waals surface area contributed by atoms with E-state index in [0.717, 1.165) is 14.4 Å². The summed E-state index contributed by atoms with van der Waals surface area (Å²) in [6.45, 7) is 0.947. The second-order valence-corrected chi connectivity index (χ2v) is 5.91. The maximum atomic E-state index is 11.8. The third kappa shape index (κ3) is 3.73. The van der Waals surface area contributed by atoms with Crippen molar-refractivity contribution in [3.63, 3.8) is 0 Å². The van der Waals surface area contributed by atoms with Gasteiger partial charge >= 0.3 is 0 Å². The van der Waals surface area contributed by atoms with Gasteiger partial charge in [0.1, 0.15) is 0 Å². The fourth-order valence-electron chi connectivity index (χ4n) is 1.36. The van der Waals surface area contributed by atoms with Gasteiger partial charge in [-0.25, -0.2) is 0 Å². The zero-order valence-corrected chi connectivity index (χ0v) is 11.4. The molecule has 2 heterocycles. The van der Waals surface area contributed by atoms with Gasteiger partial charge in [0.25, 0.3) is 0 Å². The Kier molecular flexibility index (Phi) is 4.42. The fraction of sp³-hybridized carbons (Fsp3) is 0.167. The van der Waals surface area contributed by atoms with Gasteiger partial charge in [-0.2, -0.15) is 0 Å². The number of Topliss-reactive ketones (excluding diaryl/α,β-unsaturated/α-hetero) is 1. The van der Waals surface area contributed by atoms with Crippen LogP contribution < -0.4 is 5.32 Å². The molecule has 0 saturated heterocycles. The van der Waals surface area contributed by atoms with E-state index in [2.05, 4.69) is 26.2 Å². The third-order valence-corrected chi connectivity index (χ3v) is 3.83. The number of aromatic nitrogens is 1. The third-order valence-electron chi connectivity index (χ3n) is 2.17. The minimum Gasteiger partial charge on any atom is -0.304 e. The van der Waals surface area contributed by atoms with Gasteiger partial charge in [0.2, 0.25) is 0 Å². The maximum Gasteiger partial charge on any atom is 0.186 e. The van der Waals surface area contributed by atoms with Gasteiger partial charge < -0.3 is 5.32 Å². The topological polar surface area (TPSA) is 42.0 Å². The van der Waals surface area contributed by atoms with Crippen molar-refractivity contribution < 1.29 is 4.79 Å². The van der Waals surface area contributed by atoms with Crippen molar-refractivity contribution >= 4 is 33.0 Å². The molecule has 0 radical (unpaired) electrons. The van der Waals surface area contributed by atoms with Gasteiger partial charge in [0.05, 0.1) is 20.9 Å². The van der Waals surface area contributed by atoms with Crippen LogP contribution in [-0.4, -0.2) is 17.3 Å². The number of ketones is 1. The first-order chi connectivity index (χ1) is 8.25. The Labute approximate surface area is 112 Å². The molecule has 0 aliphatic rings. The Morgan fingerprint density at radius 2 is 2.24 bits per heavy atom. The van der Waals surface area contributed by atoms with E-state index >= 15 is 0 Å². The second kappa shape index (κ2) is 6.05. The van der Waals surface area contributed by atoms with Crippen LogP contribution in [0.15, 0.2) is 40.3 Å². The van der Waals surface area contributed by atoms with Crippen LogP contribution in [0.4, 0.5) is 0 Å². The van der Waals surface area contributed by atoms with Gasteiger partial charge in [-0.05, 0) is 40.2 Å². The summed E-state index contributed by atoms with van der Waals surface area (Å²) in [7, 11) is 0. The lowest BCUT2D eigenvalue weighted by Crippen LogP contribution is -2.22. The van der Waals surface area contributed by atoms with E-state index in [-0.39, 0.29) is 5.78 Å². The number of hydrogen-bond donors (Lipinski definition) is 1. The molecule has 88 valence electrons. The van der Waals surface area contributed by atoms with Gasteiger partial charge in [-0.15, -0.1) is 11.3 Å². The average Bonchev–Trinajstić information content (AvgIpc) is 2.77. The first-order valence-corrected chi connectivity index (χ1v) is 6.76. The molecule has 0 amide bonds. The van der Waals surface area contributed by atoms with Gasteiger partial charge in [-0.3, -0.25) is 9.78 Å². The fourth-order valence-corrected chi connectivity index (χ4v) is 2.68. The number of hydrogen-bond acceptors (Lipinski definition) is 4. The number of nitrogens with one attached hydrogen (secondary N) is 1. The standard InChI is InChI=1S/C12H11BrN2OS/c13-12-5-4-11(17-12)10(16)8-14-7-9-3-1-2-6-15-9/h1-6,14H,7-8H2. The summed E-state index contributed by atoms with van der Waals surface area (Å²) in [6, 6.07) is 9.45. The second-order valence-electron chi connectivity index (χ2n) is 3.45. The Morgan fingerprint density at radius 1 is 1.35 bits per heavy atom.